The topological polar surface area (TPSA) is 38.0 Å². The Hall–Kier alpha value is -1.07. The lowest BCUT2D eigenvalue weighted by Gasteiger charge is -2.30. The first-order valence-corrected chi connectivity index (χ1v) is 5.62. The summed E-state index contributed by atoms with van der Waals surface area (Å²) in [7, 11) is 0. The highest BCUT2D eigenvalue weighted by molar-refractivity contribution is 5.29. The van der Waals surface area contributed by atoms with Crippen LogP contribution < -0.4 is 11.1 Å². The Labute approximate surface area is 98.0 Å². The number of hydrogen-bond acceptors (Lipinski definition) is 2. The molecule has 0 amide bonds. The molecule has 2 atom stereocenters. The van der Waals surface area contributed by atoms with Crippen LogP contribution in [0.2, 0.25) is 0 Å². The molecule has 0 bridgehead atoms. The van der Waals surface area contributed by atoms with Crippen LogP contribution in [0, 0.1) is 0 Å². The van der Waals surface area contributed by atoms with Crippen LogP contribution in [0.5, 0.6) is 0 Å². The van der Waals surface area contributed by atoms with Gasteiger partial charge in [0.05, 0.1) is 5.56 Å². The van der Waals surface area contributed by atoms with Crippen LogP contribution >= 0.6 is 0 Å². The smallest absolute Gasteiger partial charge is 0.326 e. The van der Waals surface area contributed by atoms with Crippen LogP contribution in [0.1, 0.15) is 23.5 Å². The Morgan fingerprint density at radius 1 is 1.29 bits per heavy atom. The van der Waals surface area contributed by atoms with Crippen molar-refractivity contribution in [3.05, 3.63) is 35.4 Å². The highest BCUT2D eigenvalue weighted by Gasteiger charge is 2.32. The molecule has 0 aromatic heterocycles. The monoisotopic (exact) mass is 244 g/mol. The Morgan fingerprint density at radius 3 is 2.71 bits per heavy atom. The molecule has 1 aromatic carbocycles. The van der Waals surface area contributed by atoms with Gasteiger partial charge in [-0.1, -0.05) is 18.2 Å². The molecule has 17 heavy (non-hydrogen) atoms. The van der Waals surface area contributed by atoms with Gasteiger partial charge in [-0.2, -0.15) is 13.2 Å². The third-order valence-corrected chi connectivity index (χ3v) is 3.17. The largest absolute Gasteiger partial charge is 0.416 e. The van der Waals surface area contributed by atoms with Gasteiger partial charge in [-0.15, -0.1) is 0 Å². The molecule has 1 saturated heterocycles. The molecular formula is C12H15F3N2. The predicted octanol–water partition coefficient (Wildman–Crippen LogP) is 2.11. The molecule has 0 unspecified atom stereocenters. The average molecular weight is 244 g/mol. The van der Waals surface area contributed by atoms with Crippen molar-refractivity contribution < 1.29 is 13.2 Å². The Kier molecular flexibility index (Phi) is 3.40. The van der Waals surface area contributed by atoms with Crippen molar-refractivity contribution in [3.63, 3.8) is 0 Å². The molecule has 3 N–H and O–H groups in total. The summed E-state index contributed by atoms with van der Waals surface area (Å²) >= 11 is 0. The van der Waals surface area contributed by atoms with Crippen LogP contribution in [-0.2, 0) is 6.18 Å². The van der Waals surface area contributed by atoms with E-state index in [1.807, 2.05) is 0 Å². The lowest BCUT2D eigenvalue weighted by atomic mass is 9.86. The van der Waals surface area contributed by atoms with E-state index < -0.39 is 11.7 Å². The zero-order chi connectivity index (χ0) is 12.5. The molecule has 0 radical (unpaired) electrons. The highest BCUT2D eigenvalue weighted by atomic mass is 19.4. The summed E-state index contributed by atoms with van der Waals surface area (Å²) in [5.41, 5.74) is 6.02. The van der Waals surface area contributed by atoms with Crippen molar-refractivity contribution in [2.75, 3.05) is 13.1 Å². The SMILES string of the molecule is N[C@@H]1CNCC[C@@H]1c1cccc(C(F)(F)F)c1. The fourth-order valence-corrected chi connectivity index (χ4v) is 2.24. The molecule has 0 aliphatic carbocycles. The molecule has 5 heteroatoms. The van der Waals surface area contributed by atoms with E-state index in [-0.39, 0.29) is 12.0 Å². The molecule has 1 aliphatic heterocycles. The van der Waals surface area contributed by atoms with Crippen molar-refractivity contribution in [1.29, 1.82) is 0 Å². The number of nitrogens with one attached hydrogen (secondary N) is 1. The molecule has 1 aliphatic rings. The molecule has 94 valence electrons. The first-order valence-electron chi connectivity index (χ1n) is 5.62. The van der Waals surface area contributed by atoms with Crippen molar-refractivity contribution in [2.45, 2.75) is 24.6 Å². The number of hydrogen-bond donors (Lipinski definition) is 2. The predicted molar refractivity (Wildman–Crippen MR) is 59.6 cm³/mol. The Bertz CT molecular complexity index is 390. The minimum absolute atomic E-state index is 0.0125. The van der Waals surface area contributed by atoms with Gasteiger partial charge < -0.3 is 11.1 Å². The van der Waals surface area contributed by atoms with E-state index in [4.69, 9.17) is 5.73 Å². The first kappa shape index (κ1) is 12.4. The van der Waals surface area contributed by atoms with Gasteiger partial charge in [0.2, 0.25) is 0 Å². The second-order valence-corrected chi connectivity index (χ2v) is 4.39. The molecule has 2 nitrogen and oxygen atoms in total. The van der Waals surface area contributed by atoms with Crippen LogP contribution in [0.3, 0.4) is 0 Å². The van der Waals surface area contributed by atoms with Crippen LogP contribution in [0.4, 0.5) is 13.2 Å². The number of alkyl halides is 3. The first-order chi connectivity index (χ1) is 7.98. The number of piperidine rings is 1. The number of benzene rings is 1. The Balaban J connectivity index is 2.26. The van der Waals surface area contributed by atoms with E-state index in [0.717, 1.165) is 19.0 Å². The minimum atomic E-state index is -4.28. The standard InChI is InChI=1S/C12H15F3N2/c13-12(14,15)9-3-1-2-8(6-9)10-4-5-17-7-11(10)16/h1-3,6,10-11,17H,4-5,7,16H2/t10-,11-/m1/s1. The molecule has 0 spiro atoms. The number of nitrogens with two attached hydrogens (primary N) is 1. The summed E-state index contributed by atoms with van der Waals surface area (Å²) < 4.78 is 37.8. The van der Waals surface area contributed by atoms with E-state index in [1.165, 1.54) is 12.1 Å². The van der Waals surface area contributed by atoms with E-state index in [9.17, 15) is 13.2 Å². The molecule has 0 saturated carbocycles. The molecule has 1 fully saturated rings. The van der Waals surface area contributed by atoms with Crippen LogP contribution in [0.15, 0.2) is 24.3 Å². The van der Waals surface area contributed by atoms with E-state index >= 15 is 0 Å². The third kappa shape index (κ3) is 2.79. The zero-order valence-electron chi connectivity index (χ0n) is 9.30. The quantitative estimate of drug-likeness (QED) is 0.794. The van der Waals surface area contributed by atoms with E-state index in [1.54, 1.807) is 6.07 Å². The summed E-state index contributed by atoms with van der Waals surface area (Å²) in [5, 5.41) is 3.13. The second kappa shape index (κ2) is 4.66. The maximum absolute atomic E-state index is 12.6. The number of halogens is 3. The summed E-state index contributed by atoms with van der Waals surface area (Å²) in [6.45, 7) is 1.45. The lowest BCUT2D eigenvalue weighted by Crippen LogP contribution is -2.44. The minimum Gasteiger partial charge on any atom is -0.326 e. The van der Waals surface area contributed by atoms with Crippen molar-refractivity contribution in [1.82, 2.24) is 5.32 Å². The summed E-state index contributed by atoms with van der Waals surface area (Å²) in [4.78, 5) is 0. The maximum atomic E-state index is 12.6. The fourth-order valence-electron chi connectivity index (χ4n) is 2.24. The summed E-state index contributed by atoms with van der Waals surface area (Å²) in [5.74, 6) is 0.0125. The lowest BCUT2D eigenvalue weighted by molar-refractivity contribution is -0.137. The van der Waals surface area contributed by atoms with Gasteiger partial charge in [-0.3, -0.25) is 0 Å². The molecule has 1 heterocycles. The normalized spacial score (nSPS) is 25.9. The molecular weight excluding hydrogens is 229 g/mol. The average Bonchev–Trinajstić information content (AvgIpc) is 2.29. The fraction of sp³-hybridized carbons (Fsp3) is 0.500. The van der Waals surface area contributed by atoms with Gasteiger partial charge in [0, 0.05) is 18.5 Å². The van der Waals surface area contributed by atoms with Gasteiger partial charge in [0.1, 0.15) is 0 Å². The second-order valence-electron chi connectivity index (χ2n) is 4.39. The van der Waals surface area contributed by atoms with Gasteiger partial charge in [0.15, 0.2) is 0 Å². The maximum Gasteiger partial charge on any atom is 0.416 e. The van der Waals surface area contributed by atoms with Gasteiger partial charge in [0.25, 0.3) is 0 Å². The van der Waals surface area contributed by atoms with Gasteiger partial charge >= 0.3 is 6.18 Å². The van der Waals surface area contributed by atoms with Crippen molar-refractivity contribution in [3.8, 4) is 0 Å². The van der Waals surface area contributed by atoms with E-state index in [0.29, 0.717) is 12.1 Å². The third-order valence-electron chi connectivity index (χ3n) is 3.17. The number of rotatable bonds is 1. The Morgan fingerprint density at radius 2 is 2.06 bits per heavy atom. The van der Waals surface area contributed by atoms with Gasteiger partial charge in [-0.25, -0.2) is 0 Å². The van der Waals surface area contributed by atoms with Crippen molar-refractivity contribution in [2.24, 2.45) is 5.73 Å². The van der Waals surface area contributed by atoms with Crippen LogP contribution in [0.25, 0.3) is 0 Å². The summed E-state index contributed by atoms with van der Waals surface area (Å²) in [6, 6.07) is 5.37. The molecule has 2 rings (SSSR count). The molecule has 1 aromatic rings. The zero-order valence-corrected chi connectivity index (χ0v) is 9.30. The summed E-state index contributed by atoms with van der Waals surface area (Å²) in [6.07, 6.45) is -3.50. The van der Waals surface area contributed by atoms with E-state index in [2.05, 4.69) is 5.32 Å². The highest BCUT2D eigenvalue weighted by Crippen LogP contribution is 2.32. The van der Waals surface area contributed by atoms with Gasteiger partial charge in [-0.05, 0) is 24.6 Å². The van der Waals surface area contributed by atoms with Crippen molar-refractivity contribution >= 4 is 0 Å². The van der Waals surface area contributed by atoms with Crippen LogP contribution in [-0.4, -0.2) is 19.1 Å².